The zero-order valence-corrected chi connectivity index (χ0v) is 14.8. The molecule has 1 aromatic heterocycles. The number of benzene rings is 1. The predicted octanol–water partition coefficient (Wildman–Crippen LogP) is 2.60. The maximum Gasteiger partial charge on any atom is 0.246 e. The average Bonchev–Trinajstić information content (AvgIpc) is 3.37. The lowest BCUT2D eigenvalue weighted by molar-refractivity contribution is -0.130. The van der Waals surface area contributed by atoms with Crippen molar-refractivity contribution in [3.05, 3.63) is 41.6 Å². The van der Waals surface area contributed by atoms with Crippen LogP contribution in [0.2, 0.25) is 0 Å². The lowest BCUT2D eigenvalue weighted by Crippen LogP contribution is -2.47. The van der Waals surface area contributed by atoms with Gasteiger partial charge in [-0.1, -0.05) is 11.2 Å². The van der Waals surface area contributed by atoms with E-state index < -0.39 is 0 Å². The van der Waals surface area contributed by atoms with E-state index in [-0.39, 0.29) is 11.8 Å². The molecule has 7 nitrogen and oxygen atoms in total. The van der Waals surface area contributed by atoms with Crippen molar-refractivity contribution in [2.24, 2.45) is 0 Å². The maximum atomic E-state index is 12.3. The molecular formula is C19H21N3O4. The lowest BCUT2D eigenvalue weighted by Gasteiger charge is -2.36. The molecule has 0 N–H and O–H groups in total. The minimum absolute atomic E-state index is 0.0297. The van der Waals surface area contributed by atoms with Crippen LogP contribution in [0.15, 0.2) is 28.8 Å². The van der Waals surface area contributed by atoms with Crippen LogP contribution in [-0.2, 0) is 4.79 Å². The molecule has 2 heterocycles. The second kappa shape index (κ2) is 6.82. The summed E-state index contributed by atoms with van der Waals surface area (Å²) in [7, 11) is 3.18. The number of rotatable bonds is 6. The first-order valence-corrected chi connectivity index (χ1v) is 8.70. The molecule has 2 aromatic rings. The number of nitrogens with zero attached hydrogens (tertiary/aromatic N) is 3. The first-order valence-electron chi connectivity index (χ1n) is 8.70. The molecule has 2 fully saturated rings. The van der Waals surface area contributed by atoms with E-state index in [1.807, 2.05) is 18.2 Å². The largest absolute Gasteiger partial charge is 0.493 e. The Morgan fingerprint density at radius 3 is 2.65 bits per heavy atom. The maximum absolute atomic E-state index is 12.3. The number of carbonyl (C=O) groups is 1. The van der Waals surface area contributed by atoms with Crippen molar-refractivity contribution in [1.29, 1.82) is 0 Å². The first kappa shape index (κ1) is 16.6. The molecule has 1 saturated heterocycles. The smallest absolute Gasteiger partial charge is 0.246 e. The van der Waals surface area contributed by atoms with Gasteiger partial charge < -0.3 is 18.9 Å². The van der Waals surface area contributed by atoms with E-state index in [0.717, 1.165) is 24.2 Å². The Kier molecular flexibility index (Phi) is 4.36. The summed E-state index contributed by atoms with van der Waals surface area (Å²) >= 11 is 0. The summed E-state index contributed by atoms with van der Waals surface area (Å²) in [4.78, 5) is 18.5. The van der Waals surface area contributed by atoms with Crippen molar-refractivity contribution in [3.8, 4) is 11.5 Å². The van der Waals surface area contributed by atoms with Crippen LogP contribution < -0.4 is 9.47 Å². The van der Waals surface area contributed by atoms with Gasteiger partial charge in [0.2, 0.25) is 11.8 Å². The van der Waals surface area contributed by atoms with Crippen molar-refractivity contribution in [1.82, 2.24) is 15.0 Å². The number of aromatic nitrogens is 2. The molecule has 7 heteroatoms. The van der Waals surface area contributed by atoms with Crippen molar-refractivity contribution in [2.75, 3.05) is 27.3 Å². The van der Waals surface area contributed by atoms with Gasteiger partial charge in [-0.25, -0.2) is 0 Å². The quantitative estimate of drug-likeness (QED) is 0.741. The first-order chi connectivity index (χ1) is 12.7. The van der Waals surface area contributed by atoms with Crippen LogP contribution in [0.5, 0.6) is 11.5 Å². The van der Waals surface area contributed by atoms with E-state index in [0.29, 0.717) is 36.4 Å². The Hall–Kier alpha value is -2.83. The average molecular weight is 355 g/mol. The fourth-order valence-corrected chi connectivity index (χ4v) is 2.96. The van der Waals surface area contributed by atoms with Gasteiger partial charge in [0.25, 0.3) is 0 Å². The van der Waals surface area contributed by atoms with Gasteiger partial charge >= 0.3 is 0 Å². The van der Waals surface area contributed by atoms with Crippen LogP contribution >= 0.6 is 0 Å². The van der Waals surface area contributed by atoms with E-state index in [2.05, 4.69) is 10.1 Å². The molecule has 26 heavy (non-hydrogen) atoms. The van der Waals surface area contributed by atoms with Gasteiger partial charge in [0.15, 0.2) is 17.3 Å². The van der Waals surface area contributed by atoms with E-state index in [4.69, 9.17) is 14.0 Å². The van der Waals surface area contributed by atoms with E-state index in [9.17, 15) is 4.79 Å². The molecule has 0 spiro atoms. The molecule has 1 aliphatic carbocycles. The van der Waals surface area contributed by atoms with Gasteiger partial charge in [0, 0.05) is 25.1 Å². The highest BCUT2D eigenvalue weighted by Gasteiger charge is 2.36. The van der Waals surface area contributed by atoms with Crippen LogP contribution in [0.4, 0.5) is 0 Å². The topological polar surface area (TPSA) is 77.7 Å². The van der Waals surface area contributed by atoms with E-state index in [1.165, 1.54) is 0 Å². The number of ether oxygens (including phenoxy) is 2. The summed E-state index contributed by atoms with van der Waals surface area (Å²) in [6.07, 6.45) is 5.64. The van der Waals surface area contributed by atoms with Crippen LogP contribution in [0.1, 0.15) is 42.0 Å². The number of methoxy groups -OCH3 is 2. The van der Waals surface area contributed by atoms with Gasteiger partial charge in [-0.05, 0) is 36.6 Å². The van der Waals surface area contributed by atoms with Gasteiger partial charge in [-0.15, -0.1) is 0 Å². The SMILES string of the molecule is COc1ccc(/C=C/C(=O)N2CC(c3nc(C4CC4)no3)C2)cc1OC. The molecule has 1 amide bonds. The number of amides is 1. The summed E-state index contributed by atoms with van der Waals surface area (Å²) in [5.74, 6) is 3.36. The third kappa shape index (κ3) is 3.29. The van der Waals surface area contributed by atoms with Crippen LogP contribution in [0.25, 0.3) is 6.08 Å². The summed E-state index contributed by atoms with van der Waals surface area (Å²) in [5.41, 5.74) is 0.874. The highest BCUT2D eigenvalue weighted by Crippen LogP contribution is 2.39. The Bertz CT molecular complexity index is 835. The molecule has 0 unspecified atom stereocenters. The van der Waals surface area contributed by atoms with Crippen molar-refractivity contribution >= 4 is 12.0 Å². The lowest BCUT2D eigenvalue weighted by atomic mass is 10.00. The number of likely N-dealkylation sites (tertiary alicyclic amines) is 1. The molecule has 0 radical (unpaired) electrons. The third-order valence-corrected chi connectivity index (χ3v) is 4.77. The van der Waals surface area contributed by atoms with Crippen LogP contribution in [0, 0.1) is 0 Å². The molecule has 1 aliphatic heterocycles. The van der Waals surface area contributed by atoms with Crippen molar-refractivity contribution < 1.29 is 18.8 Å². The van der Waals surface area contributed by atoms with Crippen molar-refractivity contribution in [2.45, 2.75) is 24.7 Å². The Morgan fingerprint density at radius 2 is 1.96 bits per heavy atom. The standard InChI is InChI=1S/C19H21N3O4/c1-24-15-7-3-12(9-16(15)25-2)4-8-17(23)22-10-14(11-22)19-20-18(21-26-19)13-5-6-13/h3-4,7-9,13-14H,5-6,10-11H2,1-2H3/b8-4+. The zero-order valence-electron chi connectivity index (χ0n) is 14.8. The summed E-state index contributed by atoms with van der Waals surface area (Å²) in [6, 6.07) is 5.52. The molecule has 4 rings (SSSR count). The summed E-state index contributed by atoms with van der Waals surface area (Å²) < 4.78 is 15.8. The molecule has 1 aromatic carbocycles. The van der Waals surface area contributed by atoms with Gasteiger partial charge in [0.05, 0.1) is 20.1 Å². The van der Waals surface area contributed by atoms with Gasteiger partial charge in [-0.2, -0.15) is 4.98 Å². The Balaban J connectivity index is 1.33. The second-order valence-corrected chi connectivity index (χ2v) is 6.65. The normalized spacial score (nSPS) is 17.4. The minimum atomic E-state index is -0.0297. The summed E-state index contributed by atoms with van der Waals surface area (Å²) in [5, 5.41) is 4.03. The molecule has 0 bridgehead atoms. The second-order valence-electron chi connectivity index (χ2n) is 6.65. The zero-order chi connectivity index (χ0) is 18.1. The highest BCUT2D eigenvalue weighted by molar-refractivity contribution is 5.92. The predicted molar refractivity (Wildman–Crippen MR) is 94.2 cm³/mol. The van der Waals surface area contributed by atoms with E-state index >= 15 is 0 Å². The monoisotopic (exact) mass is 355 g/mol. The van der Waals surface area contributed by atoms with Crippen molar-refractivity contribution in [3.63, 3.8) is 0 Å². The fourth-order valence-electron chi connectivity index (χ4n) is 2.96. The van der Waals surface area contributed by atoms with E-state index in [1.54, 1.807) is 31.3 Å². The Labute approximate surface area is 151 Å². The Morgan fingerprint density at radius 1 is 1.19 bits per heavy atom. The van der Waals surface area contributed by atoms with Crippen LogP contribution in [-0.4, -0.2) is 48.3 Å². The number of carbonyl (C=O) groups excluding carboxylic acids is 1. The van der Waals surface area contributed by atoms with Gasteiger partial charge in [-0.3, -0.25) is 4.79 Å². The highest BCUT2D eigenvalue weighted by atomic mass is 16.5. The number of hydrogen-bond acceptors (Lipinski definition) is 6. The van der Waals surface area contributed by atoms with Crippen LogP contribution in [0.3, 0.4) is 0 Å². The fraction of sp³-hybridized carbons (Fsp3) is 0.421. The molecular weight excluding hydrogens is 334 g/mol. The molecule has 0 atom stereocenters. The van der Waals surface area contributed by atoms with Gasteiger partial charge in [0.1, 0.15) is 0 Å². The molecule has 1 saturated carbocycles. The number of hydrogen-bond donors (Lipinski definition) is 0. The molecule has 136 valence electrons. The third-order valence-electron chi connectivity index (χ3n) is 4.77. The molecule has 2 aliphatic rings. The summed E-state index contributed by atoms with van der Waals surface area (Å²) in [6.45, 7) is 1.23. The minimum Gasteiger partial charge on any atom is -0.493 e.